The first-order chi connectivity index (χ1) is 18.6. The predicted molar refractivity (Wildman–Crippen MR) is 141 cm³/mol. The lowest BCUT2D eigenvalue weighted by molar-refractivity contribution is -0.139. The normalized spacial score (nSPS) is 20.6. The molecule has 38 heavy (non-hydrogen) atoms. The minimum Gasteiger partial charge on any atom is -0.490 e. The van der Waals surface area contributed by atoms with Gasteiger partial charge in [0.1, 0.15) is 5.75 Å². The van der Waals surface area contributed by atoms with E-state index in [0.717, 1.165) is 36.8 Å². The molecule has 0 aromatic heterocycles. The summed E-state index contributed by atoms with van der Waals surface area (Å²) in [4.78, 5) is 28.7. The van der Waals surface area contributed by atoms with Gasteiger partial charge in [0, 0.05) is 32.1 Å². The molecule has 0 N–H and O–H groups in total. The molecule has 2 aromatic carbocycles. The molecule has 202 valence electrons. The van der Waals surface area contributed by atoms with Crippen LogP contribution in [0.25, 0.3) is 5.57 Å². The molecular formula is C30H35FN2O5. The summed E-state index contributed by atoms with van der Waals surface area (Å²) in [5.41, 5.74) is 1.92. The average Bonchev–Trinajstić information content (AvgIpc) is 2.97. The number of hydrogen-bond donors (Lipinski definition) is 0. The van der Waals surface area contributed by atoms with Crippen molar-refractivity contribution in [2.45, 2.75) is 32.1 Å². The van der Waals surface area contributed by atoms with Gasteiger partial charge in [0.15, 0.2) is 11.6 Å². The molecule has 3 aliphatic rings. The zero-order valence-electron chi connectivity index (χ0n) is 21.6. The number of halogens is 1. The number of ether oxygens (including phenoxy) is 3. The Balaban J connectivity index is 1.08. The third kappa shape index (κ3) is 6.54. The smallest absolute Gasteiger partial charge is 0.415 e. The Kier molecular flexibility index (Phi) is 8.58. The van der Waals surface area contributed by atoms with Crippen LogP contribution in [0.4, 0.5) is 9.18 Å². The fraction of sp³-hybridized carbons (Fsp3) is 0.467. The first-order valence-corrected chi connectivity index (χ1v) is 13.6. The van der Waals surface area contributed by atoms with Gasteiger partial charge in [-0.15, -0.1) is 0 Å². The number of benzene rings is 2. The van der Waals surface area contributed by atoms with Gasteiger partial charge in [-0.1, -0.05) is 30.3 Å². The maximum Gasteiger partial charge on any atom is 0.415 e. The molecule has 0 radical (unpaired) electrons. The van der Waals surface area contributed by atoms with Crippen molar-refractivity contribution in [3.05, 3.63) is 66.0 Å². The summed E-state index contributed by atoms with van der Waals surface area (Å²) in [6.45, 7) is 4.13. The highest BCUT2D eigenvalue weighted by Crippen LogP contribution is 2.33. The molecule has 1 unspecified atom stereocenters. The maximum absolute atomic E-state index is 14.9. The fourth-order valence-electron chi connectivity index (χ4n) is 5.32. The molecule has 2 aromatic rings. The van der Waals surface area contributed by atoms with Gasteiger partial charge in [-0.2, -0.15) is 0 Å². The standard InChI is InChI=1S/C30H35FN2O5/c31-27-20-25(23-6-8-24(9-7-23)29(34)32-16-18-36-19-17-32)10-11-28(27)37-21-22-12-14-33(15-13-22)30(35)38-26-4-2-1-3-5-26/h1-6,10-11,20,22,24H,7-9,12-19,21H2. The van der Waals surface area contributed by atoms with E-state index in [4.69, 9.17) is 14.2 Å². The number of carbonyl (C=O) groups excluding carboxylic acids is 2. The first kappa shape index (κ1) is 26.2. The molecule has 0 saturated carbocycles. The Hall–Kier alpha value is -3.39. The zero-order chi connectivity index (χ0) is 26.3. The predicted octanol–water partition coefficient (Wildman–Crippen LogP) is 5.16. The molecule has 7 nitrogen and oxygen atoms in total. The zero-order valence-corrected chi connectivity index (χ0v) is 21.6. The summed E-state index contributed by atoms with van der Waals surface area (Å²) in [6, 6.07) is 14.2. The van der Waals surface area contributed by atoms with Crippen molar-refractivity contribution in [3.63, 3.8) is 0 Å². The van der Waals surface area contributed by atoms with Crippen molar-refractivity contribution in [2.75, 3.05) is 46.0 Å². The van der Waals surface area contributed by atoms with Gasteiger partial charge in [0.25, 0.3) is 0 Å². The second-order valence-corrected chi connectivity index (χ2v) is 10.2. The Labute approximate surface area is 223 Å². The number of morpholine rings is 1. The first-order valence-electron chi connectivity index (χ1n) is 13.6. The topological polar surface area (TPSA) is 68.3 Å². The van der Waals surface area contributed by atoms with Gasteiger partial charge in [0.2, 0.25) is 5.91 Å². The lowest BCUT2D eigenvalue weighted by Gasteiger charge is -2.31. The highest BCUT2D eigenvalue weighted by atomic mass is 19.1. The number of allylic oxidation sites excluding steroid dienone is 2. The quantitative estimate of drug-likeness (QED) is 0.525. The number of para-hydroxylation sites is 1. The lowest BCUT2D eigenvalue weighted by atomic mass is 9.85. The van der Waals surface area contributed by atoms with Crippen LogP contribution in [0.1, 0.15) is 37.7 Å². The highest BCUT2D eigenvalue weighted by Gasteiger charge is 2.28. The van der Waals surface area contributed by atoms with E-state index >= 15 is 0 Å². The van der Waals surface area contributed by atoms with E-state index in [9.17, 15) is 14.0 Å². The van der Waals surface area contributed by atoms with Crippen LogP contribution in [0.5, 0.6) is 11.5 Å². The Bertz CT molecular complexity index is 1140. The molecule has 2 aliphatic heterocycles. The molecular weight excluding hydrogens is 487 g/mol. The Morgan fingerprint density at radius 2 is 1.71 bits per heavy atom. The van der Waals surface area contributed by atoms with Crippen LogP contribution < -0.4 is 9.47 Å². The summed E-state index contributed by atoms with van der Waals surface area (Å²) >= 11 is 0. The molecule has 1 atom stereocenters. The summed E-state index contributed by atoms with van der Waals surface area (Å²) in [7, 11) is 0. The van der Waals surface area contributed by atoms with Gasteiger partial charge < -0.3 is 24.0 Å². The van der Waals surface area contributed by atoms with Crippen LogP contribution >= 0.6 is 0 Å². The van der Waals surface area contributed by atoms with Gasteiger partial charge in [-0.05, 0) is 73.4 Å². The number of amides is 2. The molecule has 2 saturated heterocycles. The molecule has 0 bridgehead atoms. The number of nitrogens with zero attached hydrogens (tertiary/aromatic N) is 2. The van der Waals surface area contributed by atoms with Gasteiger partial charge >= 0.3 is 6.09 Å². The van der Waals surface area contributed by atoms with Crippen LogP contribution in [0.3, 0.4) is 0 Å². The minimum absolute atomic E-state index is 0.00378. The van der Waals surface area contributed by atoms with Crippen molar-refractivity contribution in [1.82, 2.24) is 9.80 Å². The molecule has 1 aliphatic carbocycles. The van der Waals surface area contributed by atoms with Crippen LogP contribution in [0, 0.1) is 17.7 Å². The van der Waals surface area contributed by atoms with Crippen LogP contribution in [0.15, 0.2) is 54.6 Å². The molecule has 2 heterocycles. The van der Waals surface area contributed by atoms with E-state index in [-0.39, 0.29) is 35.4 Å². The van der Waals surface area contributed by atoms with E-state index in [1.54, 1.807) is 23.1 Å². The van der Waals surface area contributed by atoms with E-state index < -0.39 is 0 Å². The lowest BCUT2D eigenvalue weighted by Crippen LogP contribution is -2.44. The fourth-order valence-corrected chi connectivity index (χ4v) is 5.32. The van der Waals surface area contributed by atoms with Crippen molar-refractivity contribution >= 4 is 17.6 Å². The number of hydrogen-bond acceptors (Lipinski definition) is 5. The minimum atomic E-state index is -0.376. The SMILES string of the molecule is O=C(Oc1ccccc1)N1CCC(COc2ccc(C3=CCC(C(=O)N4CCOCC4)CC3)cc2F)CC1. The average molecular weight is 523 g/mol. The second kappa shape index (κ2) is 12.4. The summed E-state index contributed by atoms with van der Waals surface area (Å²) in [5, 5.41) is 0. The molecule has 5 rings (SSSR count). The monoisotopic (exact) mass is 522 g/mol. The number of piperidine rings is 1. The van der Waals surface area contributed by atoms with E-state index in [0.29, 0.717) is 58.2 Å². The van der Waals surface area contributed by atoms with Crippen LogP contribution in [-0.2, 0) is 9.53 Å². The molecule has 2 fully saturated rings. The Morgan fingerprint density at radius 1 is 0.947 bits per heavy atom. The number of rotatable bonds is 6. The van der Waals surface area contributed by atoms with Gasteiger partial charge in [-0.3, -0.25) is 4.79 Å². The summed E-state index contributed by atoms with van der Waals surface area (Å²) < 4.78 is 31.5. The largest absolute Gasteiger partial charge is 0.490 e. The van der Waals surface area contributed by atoms with Gasteiger partial charge in [0.05, 0.1) is 19.8 Å². The highest BCUT2D eigenvalue weighted by molar-refractivity contribution is 5.81. The molecule has 2 amide bonds. The molecule has 0 spiro atoms. The second-order valence-electron chi connectivity index (χ2n) is 10.2. The van der Waals surface area contributed by atoms with Crippen molar-refractivity contribution < 1.29 is 28.2 Å². The van der Waals surface area contributed by atoms with Crippen molar-refractivity contribution in [1.29, 1.82) is 0 Å². The molecule has 8 heteroatoms. The van der Waals surface area contributed by atoms with E-state index in [1.165, 1.54) is 6.07 Å². The van der Waals surface area contributed by atoms with Crippen molar-refractivity contribution in [3.8, 4) is 11.5 Å². The Morgan fingerprint density at radius 3 is 2.39 bits per heavy atom. The van der Waals surface area contributed by atoms with Gasteiger partial charge in [-0.25, -0.2) is 9.18 Å². The third-order valence-electron chi connectivity index (χ3n) is 7.68. The number of likely N-dealkylation sites (tertiary alicyclic amines) is 1. The number of carbonyl (C=O) groups is 2. The summed E-state index contributed by atoms with van der Waals surface area (Å²) in [5.74, 6) is 0.854. The van der Waals surface area contributed by atoms with Crippen LogP contribution in [0.2, 0.25) is 0 Å². The third-order valence-corrected chi connectivity index (χ3v) is 7.68. The maximum atomic E-state index is 14.9. The van der Waals surface area contributed by atoms with E-state index in [2.05, 4.69) is 6.08 Å². The van der Waals surface area contributed by atoms with E-state index in [1.807, 2.05) is 29.2 Å². The van der Waals surface area contributed by atoms with Crippen molar-refractivity contribution in [2.24, 2.45) is 11.8 Å². The summed E-state index contributed by atoms with van der Waals surface area (Å²) in [6.07, 6.45) is 5.51. The van der Waals surface area contributed by atoms with Crippen LogP contribution in [-0.4, -0.2) is 67.8 Å².